The van der Waals surface area contributed by atoms with Crippen molar-refractivity contribution in [2.24, 2.45) is 0 Å². The molecule has 2 nitrogen and oxygen atoms in total. The number of hydrogen-bond donors (Lipinski definition) is 0. The first-order valence-corrected chi connectivity index (χ1v) is 7.43. The second kappa shape index (κ2) is 5.38. The monoisotopic (exact) mass is 332 g/mol. The molecule has 0 N–H and O–H groups in total. The molecule has 0 atom stereocenters. The molecule has 17 heavy (non-hydrogen) atoms. The Kier molecular flexibility index (Phi) is 4.07. The lowest BCUT2D eigenvalue weighted by Gasteiger charge is -1.98. The van der Waals surface area contributed by atoms with Gasteiger partial charge >= 0.3 is 5.97 Å². The van der Waals surface area contributed by atoms with Crippen LogP contribution in [0.25, 0.3) is 10.1 Å². The minimum atomic E-state index is -0.348. The second-order valence-corrected chi connectivity index (χ2v) is 5.42. The van der Waals surface area contributed by atoms with E-state index in [9.17, 15) is 4.79 Å². The second-order valence-electron chi connectivity index (χ2n) is 3.43. The zero-order chi connectivity index (χ0) is 12.4. The lowest BCUT2D eigenvalue weighted by molar-refractivity contribution is 0.0532. The first kappa shape index (κ1) is 12.9. The minimum Gasteiger partial charge on any atom is -0.462 e. The van der Waals surface area contributed by atoms with Crippen molar-refractivity contribution < 1.29 is 9.53 Å². The van der Waals surface area contributed by atoms with E-state index >= 15 is 0 Å². The van der Waals surface area contributed by atoms with Crippen molar-refractivity contribution in [1.29, 1.82) is 0 Å². The highest BCUT2D eigenvalue weighted by Gasteiger charge is 2.18. The molecule has 0 unspecified atom stereocenters. The highest BCUT2D eigenvalue weighted by atomic mass is 79.9. The van der Waals surface area contributed by atoms with E-state index in [1.54, 1.807) is 6.92 Å². The number of ether oxygens (including phenoxy) is 1. The van der Waals surface area contributed by atoms with Crippen molar-refractivity contribution in [2.75, 3.05) is 6.61 Å². The molecule has 0 aliphatic rings. The number of halogens is 2. The van der Waals surface area contributed by atoms with Crippen LogP contribution in [-0.4, -0.2) is 12.6 Å². The quantitative estimate of drug-likeness (QED) is 0.605. The first-order chi connectivity index (χ1) is 8.17. The number of rotatable bonds is 3. The zero-order valence-electron chi connectivity index (χ0n) is 9.13. The fraction of sp³-hybridized carbons (Fsp3) is 0.250. The van der Waals surface area contributed by atoms with Gasteiger partial charge in [0.05, 0.1) is 11.6 Å². The van der Waals surface area contributed by atoms with Crippen LogP contribution in [0.15, 0.2) is 18.2 Å². The number of carbonyl (C=O) groups excluding carboxylic acids is 1. The van der Waals surface area contributed by atoms with E-state index in [0.717, 1.165) is 21.0 Å². The average molecular weight is 334 g/mol. The maximum atomic E-state index is 11.7. The number of esters is 1. The summed E-state index contributed by atoms with van der Waals surface area (Å²) in [6, 6.07) is 5.96. The molecule has 5 heteroatoms. The lowest BCUT2D eigenvalue weighted by atomic mass is 10.2. The summed E-state index contributed by atoms with van der Waals surface area (Å²) >= 11 is 11.0. The number of thiophene rings is 1. The Labute approximate surface area is 117 Å². The number of alkyl halides is 1. The van der Waals surface area contributed by atoms with E-state index in [1.807, 2.05) is 18.2 Å². The molecule has 0 aliphatic heterocycles. The molecule has 1 aromatic carbocycles. The summed E-state index contributed by atoms with van der Waals surface area (Å²) in [6.45, 7) is 2.14. The van der Waals surface area contributed by atoms with Crippen LogP contribution in [-0.2, 0) is 10.1 Å². The van der Waals surface area contributed by atoms with E-state index < -0.39 is 0 Å². The van der Waals surface area contributed by atoms with Gasteiger partial charge in [-0.1, -0.05) is 39.7 Å². The van der Waals surface area contributed by atoms with Gasteiger partial charge in [-0.25, -0.2) is 4.79 Å². The van der Waals surface area contributed by atoms with Crippen molar-refractivity contribution in [2.45, 2.75) is 12.3 Å². The summed E-state index contributed by atoms with van der Waals surface area (Å²) in [5.41, 5.74) is 1.16. The molecule has 0 aliphatic carbocycles. The van der Waals surface area contributed by atoms with Gasteiger partial charge < -0.3 is 4.74 Å². The molecular formula is C12H10BrClO2S. The standard InChI is InChI=1S/C12H10BrClO2S/c1-2-16-12(15)11-10(14)8-4-3-7(6-13)5-9(8)17-11/h3-5H,2,6H2,1H3. The largest absolute Gasteiger partial charge is 0.462 e. The van der Waals surface area contributed by atoms with E-state index in [2.05, 4.69) is 15.9 Å². The summed E-state index contributed by atoms with van der Waals surface area (Å²) in [4.78, 5) is 12.2. The Bertz CT molecular complexity index is 565. The van der Waals surface area contributed by atoms with Gasteiger partial charge in [0.1, 0.15) is 4.88 Å². The smallest absolute Gasteiger partial charge is 0.349 e. The van der Waals surface area contributed by atoms with Crippen LogP contribution < -0.4 is 0 Å². The normalized spacial score (nSPS) is 10.8. The Morgan fingerprint density at radius 3 is 2.94 bits per heavy atom. The molecule has 0 fully saturated rings. The molecule has 0 radical (unpaired) electrons. The summed E-state index contributed by atoms with van der Waals surface area (Å²) in [5, 5.41) is 2.18. The summed E-state index contributed by atoms with van der Waals surface area (Å²) in [7, 11) is 0. The van der Waals surface area contributed by atoms with Crippen molar-refractivity contribution in [3.8, 4) is 0 Å². The predicted octanol–water partition coefficient (Wildman–Crippen LogP) is 4.63. The molecule has 1 aromatic heterocycles. The van der Waals surface area contributed by atoms with Crippen LogP contribution in [0.1, 0.15) is 22.2 Å². The number of fused-ring (bicyclic) bond motifs is 1. The van der Waals surface area contributed by atoms with Gasteiger partial charge in [0.2, 0.25) is 0 Å². The molecule has 2 aromatic rings. The molecule has 0 spiro atoms. The summed E-state index contributed by atoms with van der Waals surface area (Å²) < 4.78 is 5.98. The van der Waals surface area contributed by atoms with Crippen molar-refractivity contribution in [3.63, 3.8) is 0 Å². The third-order valence-electron chi connectivity index (χ3n) is 2.31. The fourth-order valence-electron chi connectivity index (χ4n) is 1.52. The van der Waals surface area contributed by atoms with Gasteiger partial charge in [-0.15, -0.1) is 11.3 Å². The third-order valence-corrected chi connectivity index (χ3v) is 4.59. The van der Waals surface area contributed by atoms with E-state index in [0.29, 0.717) is 16.5 Å². The number of carbonyl (C=O) groups is 1. The number of hydrogen-bond acceptors (Lipinski definition) is 3. The molecule has 0 saturated carbocycles. The molecule has 0 amide bonds. The molecule has 0 bridgehead atoms. The van der Waals surface area contributed by atoms with Gasteiger partial charge in [-0.3, -0.25) is 0 Å². The maximum absolute atomic E-state index is 11.7. The van der Waals surface area contributed by atoms with E-state index in [4.69, 9.17) is 16.3 Å². The van der Waals surface area contributed by atoms with E-state index in [1.165, 1.54) is 11.3 Å². The van der Waals surface area contributed by atoms with Crippen molar-refractivity contribution in [1.82, 2.24) is 0 Å². The minimum absolute atomic E-state index is 0.348. The zero-order valence-corrected chi connectivity index (χ0v) is 12.3. The van der Waals surface area contributed by atoms with Gasteiger partial charge in [0.15, 0.2) is 0 Å². The average Bonchev–Trinajstić information content (AvgIpc) is 2.66. The third kappa shape index (κ3) is 2.49. The summed E-state index contributed by atoms with van der Waals surface area (Å²) in [6.07, 6.45) is 0. The van der Waals surface area contributed by atoms with Crippen molar-refractivity contribution in [3.05, 3.63) is 33.7 Å². The van der Waals surface area contributed by atoms with Gasteiger partial charge in [0.25, 0.3) is 0 Å². The van der Waals surface area contributed by atoms with Gasteiger partial charge in [-0.2, -0.15) is 0 Å². The Morgan fingerprint density at radius 1 is 1.53 bits per heavy atom. The van der Waals surface area contributed by atoms with E-state index in [-0.39, 0.29) is 5.97 Å². The molecule has 0 saturated heterocycles. The first-order valence-electron chi connectivity index (χ1n) is 5.11. The van der Waals surface area contributed by atoms with Crippen LogP contribution in [0.3, 0.4) is 0 Å². The topological polar surface area (TPSA) is 26.3 Å². The number of benzene rings is 1. The highest BCUT2D eigenvalue weighted by molar-refractivity contribution is 9.08. The summed E-state index contributed by atoms with van der Waals surface area (Å²) in [5.74, 6) is -0.348. The van der Waals surface area contributed by atoms with Gasteiger partial charge in [-0.05, 0) is 18.6 Å². The maximum Gasteiger partial charge on any atom is 0.349 e. The van der Waals surface area contributed by atoms with Crippen LogP contribution in [0, 0.1) is 0 Å². The Balaban J connectivity index is 2.52. The predicted molar refractivity (Wildman–Crippen MR) is 75.4 cm³/mol. The molecule has 90 valence electrons. The van der Waals surface area contributed by atoms with Crippen LogP contribution in [0.4, 0.5) is 0 Å². The fourth-order valence-corrected chi connectivity index (χ4v) is 3.34. The van der Waals surface area contributed by atoms with Crippen molar-refractivity contribution >= 4 is 54.9 Å². The Hall–Kier alpha value is -0.580. The Morgan fingerprint density at radius 2 is 2.29 bits per heavy atom. The van der Waals surface area contributed by atoms with Gasteiger partial charge in [0, 0.05) is 15.4 Å². The van der Waals surface area contributed by atoms with Crippen LogP contribution >= 0.6 is 38.9 Å². The van der Waals surface area contributed by atoms with Crippen LogP contribution in [0.5, 0.6) is 0 Å². The van der Waals surface area contributed by atoms with Crippen LogP contribution in [0.2, 0.25) is 5.02 Å². The highest BCUT2D eigenvalue weighted by Crippen LogP contribution is 2.36. The molecule has 1 heterocycles. The lowest BCUT2D eigenvalue weighted by Crippen LogP contribution is -2.02. The molecular weight excluding hydrogens is 324 g/mol. The SMILES string of the molecule is CCOC(=O)c1sc2cc(CBr)ccc2c1Cl. The molecule has 2 rings (SSSR count).